The lowest BCUT2D eigenvalue weighted by atomic mass is 10.1. The molecule has 0 radical (unpaired) electrons. The molecule has 0 spiro atoms. The molecule has 132 valence electrons. The summed E-state index contributed by atoms with van der Waals surface area (Å²) >= 11 is 3.17. The van der Waals surface area contributed by atoms with Crippen molar-refractivity contribution < 1.29 is 22.7 Å². The van der Waals surface area contributed by atoms with Crippen molar-refractivity contribution >= 4 is 43.4 Å². The number of hydrogen-bond donors (Lipinski definition) is 1. The smallest absolute Gasteiger partial charge is 0.338 e. The summed E-state index contributed by atoms with van der Waals surface area (Å²) in [5, 5.41) is 0. The fourth-order valence-corrected chi connectivity index (χ4v) is 4.18. The standard InChI is InChI=1S/C17H16BrNO5S/c1-3-24-17(21)13-6-9-16(15(18)10-13)25(22,23)19-14-7-4-12(5-8-14)11(2)20/h4-10,19H,3H2,1-2H3. The summed E-state index contributed by atoms with van der Waals surface area (Å²) in [5.41, 5.74) is 1.06. The maximum Gasteiger partial charge on any atom is 0.338 e. The minimum absolute atomic E-state index is 0.0174. The van der Waals surface area contributed by atoms with Gasteiger partial charge in [-0.1, -0.05) is 0 Å². The van der Waals surface area contributed by atoms with E-state index in [-0.39, 0.29) is 27.3 Å². The Hall–Kier alpha value is -2.19. The predicted molar refractivity (Wildman–Crippen MR) is 97.4 cm³/mol. The number of nitrogens with one attached hydrogen (secondary N) is 1. The minimum Gasteiger partial charge on any atom is -0.462 e. The van der Waals surface area contributed by atoms with Crippen molar-refractivity contribution in [1.29, 1.82) is 0 Å². The van der Waals surface area contributed by atoms with Crippen LogP contribution in [0.15, 0.2) is 51.8 Å². The van der Waals surface area contributed by atoms with Crippen molar-refractivity contribution in [3.63, 3.8) is 0 Å². The van der Waals surface area contributed by atoms with Gasteiger partial charge in [0.25, 0.3) is 10.0 Å². The van der Waals surface area contributed by atoms with Gasteiger partial charge in [0.1, 0.15) is 4.90 Å². The number of sulfonamides is 1. The van der Waals surface area contributed by atoms with Gasteiger partial charge in [0.2, 0.25) is 0 Å². The average Bonchev–Trinajstić information content (AvgIpc) is 2.54. The van der Waals surface area contributed by atoms with Gasteiger partial charge < -0.3 is 4.74 Å². The van der Waals surface area contributed by atoms with E-state index < -0.39 is 16.0 Å². The second-order valence-corrected chi connectivity index (χ2v) is 7.61. The van der Waals surface area contributed by atoms with E-state index in [9.17, 15) is 18.0 Å². The van der Waals surface area contributed by atoms with Crippen LogP contribution in [0.1, 0.15) is 34.6 Å². The zero-order valence-electron chi connectivity index (χ0n) is 13.6. The van der Waals surface area contributed by atoms with Crippen LogP contribution in [-0.2, 0) is 14.8 Å². The SMILES string of the molecule is CCOC(=O)c1ccc(S(=O)(=O)Nc2ccc(C(C)=O)cc2)c(Br)c1. The Bertz CT molecular complexity index is 907. The molecule has 25 heavy (non-hydrogen) atoms. The van der Waals surface area contributed by atoms with Crippen LogP contribution in [0.2, 0.25) is 0 Å². The van der Waals surface area contributed by atoms with E-state index in [1.807, 2.05) is 0 Å². The molecule has 0 saturated carbocycles. The molecular weight excluding hydrogens is 410 g/mol. The number of hydrogen-bond acceptors (Lipinski definition) is 5. The van der Waals surface area contributed by atoms with Crippen LogP contribution in [0.5, 0.6) is 0 Å². The molecule has 0 bridgehead atoms. The normalized spacial score (nSPS) is 11.0. The van der Waals surface area contributed by atoms with Gasteiger partial charge in [-0.3, -0.25) is 9.52 Å². The first kappa shape index (κ1) is 19.1. The van der Waals surface area contributed by atoms with Gasteiger partial charge in [-0.25, -0.2) is 13.2 Å². The lowest BCUT2D eigenvalue weighted by molar-refractivity contribution is 0.0526. The molecular formula is C17H16BrNO5S. The van der Waals surface area contributed by atoms with Gasteiger partial charge in [0.15, 0.2) is 5.78 Å². The van der Waals surface area contributed by atoms with Gasteiger partial charge in [0, 0.05) is 15.7 Å². The molecule has 0 fully saturated rings. The Morgan fingerprint density at radius 3 is 2.20 bits per heavy atom. The first-order chi connectivity index (χ1) is 11.7. The lowest BCUT2D eigenvalue weighted by Crippen LogP contribution is -2.14. The topological polar surface area (TPSA) is 89.5 Å². The zero-order valence-corrected chi connectivity index (χ0v) is 16.0. The van der Waals surface area contributed by atoms with E-state index in [0.29, 0.717) is 11.3 Å². The van der Waals surface area contributed by atoms with Crippen molar-refractivity contribution in [3.05, 3.63) is 58.1 Å². The number of halogens is 1. The summed E-state index contributed by atoms with van der Waals surface area (Å²) in [6.45, 7) is 3.35. The van der Waals surface area contributed by atoms with Crippen LogP contribution in [0.4, 0.5) is 5.69 Å². The third-order valence-corrected chi connectivity index (χ3v) is 5.63. The highest BCUT2D eigenvalue weighted by Crippen LogP contribution is 2.26. The van der Waals surface area contributed by atoms with E-state index in [4.69, 9.17) is 4.74 Å². The number of carbonyl (C=O) groups is 2. The van der Waals surface area contributed by atoms with Crippen LogP contribution in [0, 0.1) is 0 Å². The Morgan fingerprint density at radius 1 is 1.08 bits per heavy atom. The molecule has 6 nitrogen and oxygen atoms in total. The molecule has 0 amide bonds. The van der Waals surface area contributed by atoms with Gasteiger partial charge in [-0.05, 0) is 72.2 Å². The Morgan fingerprint density at radius 2 is 1.68 bits per heavy atom. The van der Waals surface area contributed by atoms with Crippen molar-refractivity contribution in [2.75, 3.05) is 11.3 Å². The third-order valence-electron chi connectivity index (χ3n) is 3.28. The van der Waals surface area contributed by atoms with E-state index in [1.165, 1.54) is 37.3 Å². The molecule has 0 aliphatic carbocycles. The highest BCUT2D eigenvalue weighted by molar-refractivity contribution is 9.10. The van der Waals surface area contributed by atoms with Crippen molar-refractivity contribution in [2.45, 2.75) is 18.7 Å². The monoisotopic (exact) mass is 425 g/mol. The van der Waals surface area contributed by atoms with Crippen molar-refractivity contribution in [1.82, 2.24) is 0 Å². The molecule has 0 aliphatic heterocycles. The molecule has 8 heteroatoms. The molecule has 0 saturated heterocycles. The molecule has 1 N–H and O–H groups in total. The summed E-state index contributed by atoms with van der Waals surface area (Å²) in [6.07, 6.45) is 0. The van der Waals surface area contributed by atoms with Crippen LogP contribution < -0.4 is 4.72 Å². The molecule has 0 aromatic heterocycles. The lowest BCUT2D eigenvalue weighted by Gasteiger charge is -2.11. The van der Waals surface area contributed by atoms with Crippen LogP contribution in [0.3, 0.4) is 0 Å². The molecule has 0 unspecified atom stereocenters. The molecule has 0 heterocycles. The second kappa shape index (κ2) is 7.79. The van der Waals surface area contributed by atoms with E-state index >= 15 is 0 Å². The van der Waals surface area contributed by atoms with E-state index in [2.05, 4.69) is 20.7 Å². The maximum absolute atomic E-state index is 12.5. The number of benzene rings is 2. The largest absolute Gasteiger partial charge is 0.462 e. The number of Topliss-reactive ketones (excluding diaryl/α,β-unsaturated/α-hetero) is 1. The summed E-state index contributed by atoms with van der Waals surface area (Å²) in [6, 6.07) is 10.2. The average molecular weight is 426 g/mol. The Labute approximate surface area is 154 Å². The minimum atomic E-state index is -3.87. The summed E-state index contributed by atoms with van der Waals surface area (Å²) < 4.78 is 32.6. The summed E-state index contributed by atoms with van der Waals surface area (Å²) in [5.74, 6) is -0.633. The van der Waals surface area contributed by atoms with E-state index in [0.717, 1.165) is 0 Å². The predicted octanol–water partition coefficient (Wildman–Crippen LogP) is 3.63. The fraction of sp³-hybridized carbons (Fsp3) is 0.176. The summed E-state index contributed by atoms with van der Waals surface area (Å²) in [4.78, 5) is 22.9. The van der Waals surface area contributed by atoms with Crippen molar-refractivity contribution in [3.8, 4) is 0 Å². The first-order valence-corrected chi connectivity index (χ1v) is 9.62. The van der Waals surface area contributed by atoms with Gasteiger partial charge in [0.05, 0.1) is 12.2 Å². The molecule has 2 rings (SSSR count). The second-order valence-electron chi connectivity index (χ2n) is 5.10. The number of esters is 1. The molecule has 0 atom stereocenters. The number of ether oxygens (including phenoxy) is 1. The fourth-order valence-electron chi connectivity index (χ4n) is 2.04. The zero-order chi connectivity index (χ0) is 18.6. The first-order valence-electron chi connectivity index (χ1n) is 7.35. The quantitative estimate of drug-likeness (QED) is 0.563. The summed E-state index contributed by atoms with van der Waals surface area (Å²) in [7, 11) is -3.87. The number of carbonyl (C=O) groups excluding carboxylic acids is 2. The number of ketones is 1. The highest BCUT2D eigenvalue weighted by atomic mass is 79.9. The van der Waals surface area contributed by atoms with Gasteiger partial charge in [-0.15, -0.1) is 0 Å². The van der Waals surface area contributed by atoms with Gasteiger partial charge >= 0.3 is 5.97 Å². The molecule has 2 aromatic carbocycles. The highest BCUT2D eigenvalue weighted by Gasteiger charge is 2.20. The van der Waals surface area contributed by atoms with Crippen LogP contribution in [-0.4, -0.2) is 26.8 Å². The van der Waals surface area contributed by atoms with Crippen LogP contribution in [0.25, 0.3) is 0 Å². The van der Waals surface area contributed by atoms with Gasteiger partial charge in [-0.2, -0.15) is 0 Å². The number of rotatable bonds is 6. The number of anilines is 1. The molecule has 2 aromatic rings. The maximum atomic E-state index is 12.5. The Kier molecular flexibility index (Phi) is 5.97. The third kappa shape index (κ3) is 4.67. The van der Waals surface area contributed by atoms with Crippen molar-refractivity contribution in [2.24, 2.45) is 0 Å². The Balaban J connectivity index is 2.27. The molecule has 0 aliphatic rings. The van der Waals surface area contributed by atoms with E-state index in [1.54, 1.807) is 19.1 Å². The van der Waals surface area contributed by atoms with Crippen LogP contribution >= 0.6 is 15.9 Å².